The van der Waals surface area contributed by atoms with Gasteiger partial charge in [-0.05, 0) is 24.3 Å². The van der Waals surface area contributed by atoms with Crippen LogP contribution in [0.1, 0.15) is 0 Å². The van der Waals surface area contributed by atoms with E-state index < -0.39 is 0 Å². The molecule has 0 saturated carbocycles. The summed E-state index contributed by atoms with van der Waals surface area (Å²) in [6, 6.07) is 12.5. The smallest absolute Gasteiger partial charge is 0.247 e. The Kier molecular flexibility index (Phi) is 7.10. The number of aromatic nitrogens is 2. The molecule has 0 aliphatic carbocycles. The van der Waals surface area contributed by atoms with E-state index in [0.717, 1.165) is 5.39 Å². The van der Waals surface area contributed by atoms with Gasteiger partial charge in [-0.25, -0.2) is 9.97 Å². The molecule has 0 unspecified atom stereocenters. The average molecular weight is 510 g/mol. The molecule has 1 N–H and O–H groups in total. The number of amides is 1. The van der Waals surface area contributed by atoms with Gasteiger partial charge in [-0.2, -0.15) is 0 Å². The second-order valence-electron chi connectivity index (χ2n) is 7.33. The van der Waals surface area contributed by atoms with E-state index in [1.807, 2.05) is 24.3 Å². The van der Waals surface area contributed by atoms with Gasteiger partial charge in [0.25, 0.3) is 0 Å². The third kappa shape index (κ3) is 4.60. The molecule has 0 saturated heterocycles. The van der Waals surface area contributed by atoms with Crippen molar-refractivity contribution in [1.29, 1.82) is 0 Å². The average Bonchev–Trinajstić information content (AvgIpc) is 2.88. The van der Waals surface area contributed by atoms with Gasteiger partial charge in [0.2, 0.25) is 5.91 Å². The number of carbonyl (C=O) groups excluding carboxylic acids is 1. The molecule has 4 rings (SSSR count). The van der Waals surface area contributed by atoms with Gasteiger partial charge < -0.3 is 19.5 Å². The first-order valence-electron chi connectivity index (χ1n) is 10.4. The van der Waals surface area contributed by atoms with Crippen molar-refractivity contribution in [3.8, 4) is 39.8 Å². The molecule has 1 heterocycles. The first-order valence-corrected chi connectivity index (χ1v) is 11.1. The van der Waals surface area contributed by atoms with Crippen LogP contribution < -0.4 is 19.5 Å². The van der Waals surface area contributed by atoms with Crippen LogP contribution >= 0.6 is 23.2 Å². The topological polar surface area (TPSA) is 82.6 Å². The van der Waals surface area contributed by atoms with Crippen molar-refractivity contribution in [1.82, 2.24) is 9.97 Å². The predicted molar refractivity (Wildman–Crippen MR) is 139 cm³/mol. The Bertz CT molecular complexity index is 1430. The van der Waals surface area contributed by atoms with Gasteiger partial charge in [0.05, 0.1) is 42.6 Å². The van der Waals surface area contributed by atoms with E-state index in [0.29, 0.717) is 61.0 Å². The number of benzene rings is 3. The lowest BCUT2D eigenvalue weighted by molar-refractivity contribution is -0.111. The molecule has 4 aromatic rings. The summed E-state index contributed by atoms with van der Waals surface area (Å²) < 4.78 is 16.5. The van der Waals surface area contributed by atoms with Crippen molar-refractivity contribution in [2.75, 3.05) is 26.6 Å². The van der Waals surface area contributed by atoms with Gasteiger partial charge in [-0.1, -0.05) is 41.9 Å². The number of carbonyl (C=O) groups is 1. The maximum Gasteiger partial charge on any atom is 0.247 e. The zero-order chi connectivity index (χ0) is 25.1. The Hall–Kier alpha value is -3.81. The standard InChI is InChI=1S/C26H21Cl2N3O4/c1-5-22(32)30-17-9-7-6-8-15(17)26-29-13-14-10-16(19(33-2)11-18(14)31-26)23-24(27)20(34-3)12-21(35-4)25(23)28/h5-13H,1H2,2-4H3,(H,30,32). The second kappa shape index (κ2) is 10.2. The van der Waals surface area contributed by atoms with Crippen molar-refractivity contribution in [3.63, 3.8) is 0 Å². The fourth-order valence-electron chi connectivity index (χ4n) is 3.65. The first-order chi connectivity index (χ1) is 16.9. The van der Waals surface area contributed by atoms with Crippen LogP contribution in [0.3, 0.4) is 0 Å². The number of nitrogens with one attached hydrogen (secondary N) is 1. The number of nitrogens with zero attached hydrogens (tertiary/aromatic N) is 2. The van der Waals surface area contributed by atoms with E-state index in [9.17, 15) is 4.79 Å². The van der Waals surface area contributed by atoms with E-state index in [1.165, 1.54) is 20.3 Å². The lowest BCUT2D eigenvalue weighted by atomic mass is 10.0. The zero-order valence-corrected chi connectivity index (χ0v) is 20.7. The summed E-state index contributed by atoms with van der Waals surface area (Å²) in [6.07, 6.45) is 2.89. The van der Waals surface area contributed by atoms with Crippen molar-refractivity contribution < 1.29 is 19.0 Å². The predicted octanol–water partition coefficient (Wildman–Crippen LogP) is 6.42. The highest BCUT2D eigenvalue weighted by Gasteiger charge is 2.22. The minimum absolute atomic E-state index is 0.320. The minimum atomic E-state index is -0.327. The van der Waals surface area contributed by atoms with E-state index in [4.69, 9.17) is 42.4 Å². The van der Waals surface area contributed by atoms with Crippen molar-refractivity contribution in [2.24, 2.45) is 0 Å². The number of hydrogen-bond acceptors (Lipinski definition) is 6. The molecule has 7 nitrogen and oxygen atoms in total. The fourth-order valence-corrected chi connectivity index (χ4v) is 4.35. The highest BCUT2D eigenvalue weighted by molar-refractivity contribution is 6.41. The van der Waals surface area contributed by atoms with Crippen LogP contribution in [0.15, 0.2) is 61.3 Å². The van der Waals surface area contributed by atoms with Crippen LogP contribution in [-0.4, -0.2) is 37.2 Å². The summed E-state index contributed by atoms with van der Waals surface area (Å²) in [4.78, 5) is 21.1. The first kappa shape index (κ1) is 24.3. The van der Waals surface area contributed by atoms with Gasteiger partial charge in [0, 0.05) is 40.4 Å². The molecule has 9 heteroatoms. The van der Waals surface area contributed by atoms with Crippen LogP contribution in [0.25, 0.3) is 33.4 Å². The Morgan fingerprint density at radius 2 is 1.60 bits per heavy atom. The van der Waals surface area contributed by atoms with Gasteiger partial charge in [-0.15, -0.1) is 0 Å². The largest absolute Gasteiger partial charge is 0.496 e. The molecule has 1 amide bonds. The molecule has 0 atom stereocenters. The Balaban J connectivity index is 1.89. The number of methoxy groups -OCH3 is 3. The van der Waals surface area contributed by atoms with Crippen LogP contribution in [-0.2, 0) is 4.79 Å². The molecule has 0 bridgehead atoms. The minimum Gasteiger partial charge on any atom is -0.496 e. The van der Waals surface area contributed by atoms with E-state index in [2.05, 4.69) is 16.9 Å². The quantitative estimate of drug-likeness (QED) is 0.289. The summed E-state index contributed by atoms with van der Waals surface area (Å²) in [5.74, 6) is 1.43. The Morgan fingerprint density at radius 3 is 2.23 bits per heavy atom. The number of rotatable bonds is 7. The SMILES string of the molecule is C=CC(=O)Nc1ccccc1-c1ncc2cc(-c3c(Cl)c(OC)cc(OC)c3Cl)c(OC)cc2n1. The number of hydrogen-bond donors (Lipinski definition) is 1. The number of anilines is 1. The number of para-hydroxylation sites is 1. The van der Waals surface area contributed by atoms with Crippen molar-refractivity contribution >= 4 is 45.7 Å². The summed E-state index contributed by atoms with van der Waals surface area (Å²) in [6.45, 7) is 3.49. The van der Waals surface area contributed by atoms with Crippen molar-refractivity contribution in [3.05, 3.63) is 71.4 Å². The summed E-state index contributed by atoms with van der Waals surface area (Å²) in [7, 11) is 4.58. The lowest BCUT2D eigenvalue weighted by Gasteiger charge is -2.17. The summed E-state index contributed by atoms with van der Waals surface area (Å²) in [5, 5.41) is 4.15. The van der Waals surface area contributed by atoms with E-state index >= 15 is 0 Å². The van der Waals surface area contributed by atoms with Gasteiger partial charge in [-0.3, -0.25) is 4.79 Å². The fraction of sp³-hybridized carbons (Fsp3) is 0.115. The van der Waals surface area contributed by atoms with Crippen LogP contribution in [0.2, 0.25) is 10.0 Å². The van der Waals surface area contributed by atoms with Gasteiger partial charge >= 0.3 is 0 Å². The third-order valence-corrected chi connectivity index (χ3v) is 6.11. The number of halogens is 2. The van der Waals surface area contributed by atoms with Crippen molar-refractivity contribution in [2.45, 2.75) is 0 Å². The highest BCUT2D eigenvalue weighted by atomic mass is 35.5. The van der Waals surface area contributed by atoms with E-state index in [1.54, 1.807) is 31.5 Å². The molecule has 0 aliphatic rings. The van der Waals surface area contributed by atoms with E-state index in [-0.39, 0.29) is 5.91 Å². The second-order valence-corrected chi connectivity index (χ2v) is 8.08. The third-order valence-electron chi connectivity index (χ3n) is 5.36. The molecular weight excluding hydrogens is 489 g/mol. The summed E-state index contributed by atoms with van der Waals surface area (Å²) >= 11 is 13.3. The van der Waals surface area contributed by atoms with Gasteiger partial charge in [0.15, 0.2) is 5.82 Å². The molecule has 0 radical (unpaired) electrons. The van der Waals surface area contributed by atoms with Crippen LogP contribution in [0.5, 0.6) is 17.2 Å². The number of ether oxygens (including phenoxy) is 3. The maximum atomic E-state index is 11.9. The molecular formula is C26H21Cl2N3O4. The highest BCUT2D eigenvalue weighted by Crippen LogP contribution is 2.49. The lowest BCUT2D eigenvalue weighted by Crippen LogP contribution is -2.08. The molecule has 0 aliphatic heterocycles. The molecule has 178 valence electrons. The zero-order valence-electron chi connectivity index (χ0n) is 19.2. The Morgan fingerprint density at radius 1 is 0.943 bits per heavy atom. The molecule has 1 aromatic heterocycles. The van der Waals surface area contributed by atoms with Crippen LogP contribution in [0.4, 0.5) is 5.69 Å². The maximum absolute atomic E-state index is 11.9. The molecule has 3 aromatic carbocycles. The summed E-state index contributed by atoms with van der Waals surface area (Å²) in [5.41, 5.74) is 2.99. The van der Waals surface area contributed by atoms with Gasteiger partial charge in [0.1, 0.15) is 17.2 Å². The normalized spacial score (nSPS) is 10.7. The Labute approximate surface area is 212 Å². The molecule has 0 spiro atoms. The molecule has 35 heavy (non-hydrogen) atoms. The monoisotopic (exact) mass is 509 g/mol. The number of fused-ring (bicyclic) bond motifs is 1. The van der Waals surface area contributed by atoms with Crippen LogP contribution in [0, 0.1) is 0 Å². The molecule has 0 fully saturated rings.